The van der Waals surface area contributed by atoms with Crippen molar-refractivity contribution in [2.24, 2.45) is 0 Å². The van der Waals surface area contributed by atoms with Crippen molar-refractivity contribution in [1.82, 2.24) is 14.8 Å². The molecule has 1 aliphatic rings. The van der Waals surface area contributed by atoms with E-state index in [-0.39, 0.29) is 6.10 Å². The minimum atomic E-state index is 0.105. The Bertz CT molecular complexity index is 950. The standard InChI is InChI=1S/C23H28N4O2/c1-16(2)29-22-12-17(4-10-21(22)28-3)13-24-20-8-5-18(6-9-20)19-7-11-23-26-25-15-27(23)14-19/h4-6,8-10,12,15-16,19,24H,7,11,13-14H2,1-3H3. The first kappa shape index (κ1) is 19.3. The van der Waals surface area contributed by atoms with Crippen molar-refractivity contribution in [3.8, 4) is 11.5 Å². The van der Waals surface area contributed by atoms with Crippen LogP contribution in [-0.2, 0) is 19.5 Å². The summed E-state index contributed by atoms with van der Waals surface area (Å²) < 4.78 is 13.4. The smallest absolute Gasteiger partial charge is 0.161 e. The van der Waals surface area contributed by atoms with Gasteiger partial charge < -0.3 is 19.4 Å². The number of methoxy groups -OCH3 is 1. The molecule has 6 nitrogen and oxygen atoms in total. The fourth-order valence-corrected chi connectivity index (χ4v) is 3.78. The van der Waals surface area contributed by atoms with Crippen LogP contribution < -0.4 is 14.8 Å². The summed E-state index contributed by atoms with van der Waals surface area (Å²) in [7, 11) is 1.67. The molecule has 0 radical (unpaired) electrons. The molecule has 1 aliphatic heterocycles. The van der Waals surface area contributed by atoms with Gasteiger partial charge in [-0.3, -0.25) is 0 Å². The third-order valence-electron chi connectivity index (χ3n) is 5.30. The van der Waals surface area contributed by atoms with E-state index in [9.17, 15) is 0 Å². The van der Waals surface area contributed by atoms with Crippen molar-refractivity contribution in [3.63, 3.8) is 0 Å². The molecule has 4 rings (SSSR count). The average Bonchev–Trinajstić information content (AvgIpc) is 3.20. The fraction of sp³-hybridized carbons (Fsp3) is 0.391. The number of nitrogens with one attached hydrogen (secondary N) is 1. The first-order valence-corrected chi connectivity index (χ1v) is 10.2. The van der Waals surface area contributed by atoms with Gasteiger partial charge >= 0.3 is 0 Å². The van der Waals surface area contributed by atoms with E-state index >= 15 is 0 Å². The van der Waals surface area contributed by atoms with Crippen LogP contribution in [0.1, 0.15) is 43.1 Å². The first-order chi connectivity index (χ1) is 14.1. The Hall–Kier alpha value is -3.02. The maximum absolute atomic E-state index is 5.87. The summed E-state index contributed by atoms with van der Waals surface area (Å²) >= 11 is 0. The highest BCUT2D eigenvalue weighted by Gasteiger charge is 2.20. The van der Waals surface area contributed by atoms with Gasteiger partial charge in [-0.2, -0.15) is 0 Å². The summed E-state index contributed by atoms with van der Waals surface area (Å²) in [5, 5.41) is 11.7. The second-order valence-electron chi connectivity index (χ2n) is 7.76. The van der Waals surface area contributed by atoms with E-state index in [2.05, 4.69) is 50.4 Å². The zero-order valence-corrected chi connectivity index (χ0v) is 17.3. The van der Waals surface area contributed by atoms with Crippen molar-refractivity contribution in [1.29, 1.82) is 0 Å². The van der Waals surface area contributed by atoms with Crippen LogP contribution in [0.15, 0.2) is 48.8 Å². The van der Waals surface area contributed by atoms with Gasteiger partial charge in [0, 0.05) is 31.1 Å². The van der Waals surface area contributed by atoms with Crippen LogP contribution in [0.5, 0.6) is 11.5 Å². The number of hydrogen-bond donors (Lipinski definition) is 1. The lowest BCUT2D eigenvalue weighted by molar-refractivity contribution is 0.230. The van der Waals surface area contributed by atoms with Gasteiger partial charge in [0.15, 0.2) is 11.5 Å². The topological polar surface area (TPSA) is 61.2 Å². The second kappa shape index (κ2) is 8.55. The van der Waals surface area contributed by atoms with Crippen molar-refractivity contribution >= 4 is 5.69 Å². The molecular weight excluding hydrogens is 364 g/mol. The molecule has 2 aromatic carbocycles. The number of aryl methyl sites for hydroxylation is 1. The van der Waals surface area contributed by atoms with Gasteiger partial charge in [0.2, 0.25) is 0 Å². The van der Waals surface area contributed by atoms with E-state index in [1.807, 2.05) is 32.3 Å². The molecule has 1 unspecified atom stereocenters. The lowest BCUT2D eigenvalue weighted by Gasteiger charge is -2.23. The highest BCUT2D eigenvalue weighted by Crippen LogP contribution is 2.30. The molecule has 29 heavy (non-hydrogen) atoms. The van der Waals surface area contributed by atoms with Crippen LogP contribution in [0.3, 0.4) is 0 Å². The Kier molecular flexibility index (Phi) is 5.69. The van der Waals surface area contributed by atoms with E-state index in [4.69, 9.17) is 9.47 Å². The minimum Gasteiger partial charge on any atom is -0.493 e. The molecule has 1 aromatic heterocycles. The SMILES string of the molecule is COc1ccc(CNc2ccc(C3CCc4nncn4C3)cc2)cc1OC(C)C. The van der Waals surface area contributed by atoms with Crippen molar-refractivity contribution in [2.45, 2.75) is 51.8 Å². The van der Waals surface area contributed by atoms with E-state index in [0.29, 0.717) is 5.92 Å². The zero-order chi connectivity index (χ0) is 20.2. The molecule has 6 heteroatoms. The Morgan fingerprint density at radius 2 is 1.97 bits per heavy atom. The fourth-order valence-electron chi connectivity index (χ4n) is 3.78. The predicted molar refractivity (Wildman–Crippen MR) is 114 cm³/mol. The van der Waals surface area contributed by atoms with Gasteiger partial charge in [-0.05, 0) is 55.7 Å². The molecule has 3 aromatic rings. The van der Waals surface area contributed by atoms with E-state index in [0.717, 1.165) is 54.5 Å². The lowest BCUT2D eigenvalue weighted by atomic mass is 9.91. The maximum Gasteiger partial charge on any atom is 0.161 e. The zero-order valence-electron chi connectivity index (χ0n) is 17.3. The third kappa shape index (κ3) is 4.53. The van der Waals surface area contributed by atoms with Gasteiger partial charge in [-0.1, -0.05) is 18.2 Å². The average molecular weight is 393 g/mol. The van der Waals surface area contributed by atoms with Gasteiger partial charge in [-0.25, -0.2) is 0 Å². The van der Waals surface area contributed by atoms with Crippen LogP contribution in [0.4, 0.5) is 5.69 Å². The van der Waals surface area contributed by atoms with Gasteiger partial charge in [0.1, 0.15) is 12.2 Å². The molecule has 0 saturated carbocycles. The van der Waals surface area contributed by atoms with Crippen molar-refractivity contribution < 1.29 is 9.47 Å². The quantitative estimate of drug-likeness (QED) is 0.645. The first-order valence-electron chi connectivity index (χ1n) is 10.2. The number of hydrogen-bond acceptors (Lipinski definition) is 5. The number of fused-ring (bicyclic) bond motifs is 1. The molecule has 1 atom stereocenters. The Morgan fingerprint density at radius 1 is 1.14 bits per heavy atom. The van der Waals surface area contributed by atoms with Crippen LogP contribution in [0.25, 0.3) is 0 Å². The summed E-state index contributed by atoms with van der Waals surface area (Å²) in [5.74, 6) is 3.16. The predicted octanol–water partition coefficient (Wildman–Crippen LogP) is 4.42. The molecule has 0 amide bonds. The summed E-state index contributed by atoms with van der Waals surface area (Å²) in [6, 6.07) is 14.8. The highest BCUT2D eigenvalue weighted by molar-refractivity contribution is 5.48. The van der Waals surface area contributed by atoms with E-state index in [1.54, 1.807) is 7.11 Å². The third-order valence-corrected chi connectivity index (χ3v) is 5.30. The van der Waals surface area contributed by atoms with Gasteiger partial charge in [0.05, 0.1) is 13.2 Å². The lowest BCUT2D eigenvalue weighted by Crippen LogP contribution is -2.18. The summed E-state index contributed by atoms with van der Waals surface area (Å²) in [4.78, 5) is 0. The largest absolute Gasteiger partial charge is 0.493 e. The van der Waals surface area contributed by atoms with Crippen molar-refractivity contribution in [2.75, 3.05) is 12.4 Å². The number of aromatic nitrogens is 3. The van der Waals surface area contributed by atoms with Crippen LogP contribution in [0, 0.1) is 0 Å². The molecule has 0 bridgehead atoms. The molecule has 152 valence electrons. The summed E-state index contributed by atoms with van der Waals surface area (Å²) in [6.07, 6.45) is 4.05. The Morgan fingerprint density at radius 3 is 2.72 bits per heavy atom. The summed E-state index contributed by atoms with van der Waals surface area (Å²) in [5.41, 5.74) is 3.63. The van der Waals surface area contributed by atoms with Crippen LogP contribution in [-0.4, -0.2) is 28.0 Å². The number of nitrogens with zero attached hydrogens (tertiary/aromatic N) is 3. The number of anilines is 1. The normalized spacial score (nSPS) is 15.8. The van der Waals surface area contributed by atoms with Gasteiger partial charge in [-0.15, -0.1) is 10.2 Å². The number of ether oxygens (including phenoxy) is 2. The minimum absolute atomic E-state index is 0.105. The number of benzene rings is 2. The molecule has 0 saturated heterocycles. The highest BCUT2D eigenvalue weighted by atomic mass is 16.5. The molecule has 2 heterocycles. The van der Waals surface area contributed by atoms with E-state index in [1.165, 1.54) is 5.56 Å². The monoisotopic (exact) mass is 392 g/mol. The second-order valence-corrected chi connectivity index (χ2v) is 7.76. The molecule has 1 N–H and O–H groups in total. The molecule has 0 aliphatic carbocycles. The van der Waals surface area contributed by atoms with E-state index < -0.39 is 0 Å². The molecule has 0 spiro atoms. The Balaban J connectivity index is 1.38. The maximum atomic E-state index is 5.87. The summed E-state index contributed by atoms with van der Waals surface area (Å²) in [6.45, 7) is 5.72. The van der Waals surface area contributed by atoms with Crippen molar-refractivity contribution in [3.05, 3.63) is 65.7 Å². The Labute approximate surface area is 171 Å². The molecule has 0 fully saturated rings. The molecular formula is C23H28N4O2. The van der Waals surface area contributed by atoms with Crippen LogP contribution >= 0.6 is 0 Å². The van der Waals surface area contributed by atoms with Gasteiger partial charge in [0.25, 0.3) is 0 Å². The van der Waals surface area contributed by atoms with Crippen LogP contribution in [0.2, 0.25) is 0 Å². The number of rotatable bonds is 7.